The van der Waals surface area contributed by atoms with E-state index in [0.29, 0.717) is 12.8 Å². The van der Waals surface area contributed by atoms with Crippen LogP contribution in [0, 0.1) is 5.92 Å². The second-order valence-electron chi connectivity index (χ2n) is 6.57. The van der Waals surface area contributed by atoms with Gasteiger partial charge >= 0.3 is 5.97 Å². The van der Waals surface area contributed by atoms with Crippen molar-refractivity contribution in [1.29, 1.82) is 0 Å². The van der Waals surface area contributed by atoms with E-state index < -0.39 is 5.97 Å². The summed E-state index contributed by atoms with van der Waals surface area (Å²) in [5.74, 6) is 0.641. The van der Waals surface area contributed by atoms with Crippen molar-refractivity contribution in [1.82, 2.24) is 4.90 Å². The van der Waals surface area contributed by atoms with Crippen molar-refractivity contribution in [2.75, 3.05) is 19.9 Å². The monoisotopic (exact) mass is 339 g/mol. The largest absolute Gasteiger partial charge is 0.481 e. The van der Waals surface area contributed by atoms with Crippen molar-refractivity contribution in [2.24, 2.45) is 5.92 Å². The summed E-state index contributed by atoms with van der Waals surface area (Å²) in [4.78, 5) is 13.6. The standard InChI is InChI=1S/C20H21NO4/c22-20(23)15-8-10-21(11-9-15)19(14-4-2-1-3-5-14)16-6-7-17-18(12-16)25-13-24-17/h1-7,12,15,19H,8-11,13H2,(H,22,23). The van der Waals surface area contributed by atoms with Crippen LogP contribution in [0.15, 0.2) is 48.5 Å². The van der Waals surface area contributed by atoms with Gasteiger partial charge in [-0.2, -0.15) is 0 Å². The molecule has 5 nitrogen and oxygen atoms in total. The van der Waals surface area contributed by atoms with Crippen LogP contribution in [-0.2, 0) is 4.79 Å². The molecule has 0 saturated carbocycles. The van der Waals surface area contributed by atoms with E-state index in [1.54, 1.807) is 0 Å². The van der Waals surface area contributed by atoms with E-state index in [-0.39, 0.29) is 18.8 Å². The number of likely N-dealkylation sites (tertiary alicyclic amines) is 1. The Morgan fingerprint density at radius 3 is 2.44 bits per heavy atom. The number of piperidine rings is 1. The number of benzene rings is 2. The van der Waals surface area contributed by atoms with Crippen LogP contribution >= 0.6 is 0 Å². The van der Waals surface area contributed by atoms with Crippen LogP contribution in [0.2, 0.25) is 0 Å². The highest BCUT2D eigenvalue weighted by Gasteiger charge is 2.30. The molecule has 25 heavy (non-hydrogen) atoms. The molecule has 0 bridgehead atoms. The molecule has 1 unspecified atom stereocenters. The Kier molecular flexibility index (Phi) is 4.32. The highest BCUT2D eigenvalue weighted by atomic mass is 16.7. The molecule has 1 N–H and O–H groups in total. The van der Waals surface area contributed by atoms with Gasteiger partial charge in [-0.1, -0.05) is 36.4 Å². The molecule has 0 radical (unpaired) electrons. The minimum atomic E-state index is -0.681. The minimum absolute atomic E-state index is 0.0884. The van der Waals surface area contributed by atoms with Crippen LogP contribution in [-0.4, -0.2) is 35.9 Å². The third-order valence-electron chi connectivity index (χ3n) is 5.07. The smallest absolute Gasteiger partial charge is 0.306 e. The van der Waals surface area contributed by atoms with E-state index in [0.717, 1.165) is 30.2 Å². The SMILES string of the molecule is O=C(O)C1CCN(C(c2ccccc2)c2ccc3c(c2)OCO3)CC1. The summed E-state index contributed by atoms with van der Waals surface area (Å²) in [5.41, 5.74) is 2.35. The summed E-state index contributed by atoms with van der Waals surface area (Å²) in [6.45, 7) is 1.80. The van der Waals surface area contributed by atoms with Gasteiger partial charge in [0.25, 0.3) is 0 Å². The lowest BCUT2D eigenvalue weighted by Gasteiger charge is -2.37. The molecule has 4 rings (SSSR count). The molecule has 2 heterocycles. The second kappa shape index (κ2) is 6.76. The highest BCUT2D eigenvalue weighted by molar-refractivity contribution is 5.70. The van der Waals surface area contributed by atoms with Gasteiger partial charge in [-0.25, -0.2) is 0 Å². The number of carboxylic acids is 1. The number of carbonyl (C=O) groups is 1. The lowest BCUT2D eigenvalue weighted by molar-refractivity contribution is -0.143. The first kappa shape index (κ1) is 16.0. The molecule has 0 aliphatic carbocycles. The first-order valence-electron chi connectivity index (χ1n) is 8.64. The zero-order chi connectivity index (χ0) is 17.2. The molecule has 2 aliphatic rings. The molecule has 130 valence electrons. The number of ether oxygens (including phenoxy) is 2. The van der Waals surface area contributed by atoms with Crippen molar-refractivity contribution < 1.29 is 19.4 Å². The summed E-state index contributed by atoms with van der Waals surface area (Å²) in [5, 5.41) is 9.25. The molecular formula is C20H21NO4. The van der Waals surface area contributed by atoms with Crippen molar-refractivity contribution in [3.8, 4) is 11.5 Å². The summed E-state index contributed by atoms with van der Waals surface area (Å²) >= 11 is 0. The fourth-order valence-electron chi connectivity index (χ4n) is 3.74. The lowest BCUT2D eigenvalue weighted by Crippen LogP contribution is -2.39. The van der Waals surface area contributed by atoms with Crippen LogP contribution < -0.4 is 9.47 Å². The lowest BCUT2D eigenvalue weighted by atomic mass is 9.91. The van der Waals surface area contributed by atoms with E-state index in [2.05, 4.69) is 23.1 Å². The average molecular weight is 339 g/mol. The molecule has 2 aromatic carbocycles. The number of hydrogen-bond donors (Lipinski definition) is 1. The van der Waals surface area contributed by atoms with Gasteiger partial charge in [-0.05, 0) is 49.2 Å². The van der Waals surface area contributed by atoms with Crippen molar-refractivity contribution >= 4 is 5.97 Å². The van der Waals surface area contributed by atoms with Gasteiger partial charge < -0.3 is 14.6 Å². The first-order valence-corrected chi connectivity index (χ1v) is 8.64. The molecule has 2 aromatic rings. The highest BCUT2D eigenvalue weighted by Crippen LogP contribution is 2.38. The predicted octanol–water partition coefficient (Wildman–Crippen LogP) is 3.30. The molecule has 0 amide bonds. The molecule has 0 aromatic heterocycles. The average Bonchev–Trinajstić information content (AvgIpc) is 3.11. The Balaban J connectivity index is 1.65. The number of nitrogens with zero attached hydrogens (tertiary/aromatic N) is 1. The Morgan fingerprint density at radius 2 is 1.72 bits per heavy atom. The number of fused-ring (bicyclic) bond motifs is 1. The van der Waals surface area contributed by atoms with E-state index >= 15 is 0 Å². The molecule has 1 fully saturated rings. The van der Waals surface area contributed by atoms with Crippen LogP contribution in [0.3, 0.4) is 0 Å². The van der Waals surface area contributed by atoms with Crippen LogP contribution in [0.1, 0.15) is 30.0 Å². The fraction of sp³-hybridized carbons (Fsp3) is 0.350. The van der Waals surface area contributed by atoms with Crippen LogP contribution in [0.4, 0.5) is 0 Å². The van der Waals surface area contributed by atoms with Crippen molar-refractivity contribution in [3.05, 3.63) is 59.7 Å². The third kappa shape index (κ3) is 3.20. The summed E-state index contributed by atoms with van der Waals surface area (Å²) in [6, 6.07) is 16.5. The van der Waals surface area contributed by atoms with Crippen LogP contribution in [0.25, 0.3) is 0 Å². The zero-order valence-electron chi connectivity index (χ0n) is 13.9. The van der Waals surface area contributed by atoms with E-state index in [1.807, 2.05) is 30.3 Å². The Hall–Kier alpha value is -2.53. The van der Waals surface area contributed by atoms with E-state index in [9.17, 15) is 9.90 Å². The molecule has 5 heteroatoms. The van der Waals surface area contributed by atoms with Gasteiger partial charge in [0.05, 0.1) is 12.0 Å². The van der Waals surface area contributed by atoms with E-state index in [1.165, 1.54) is 5.56 Å². The second-order valence-corrected chi connectivity index (χ2v) is 6.57. The van der Waals surface area contributed by atoms with Crippen molar-refractivity contribution in [3.63, 3.8) is 0 Å². The zero-order valence-corrected chi connectivity index (χ0v) is 13.9. The van der Waals surface area contributed by atoms with Gasteiger partial charge in [-0.3, -0.25) is 9.69 Å². The minimum Gasteiger partial charge on any atom is -0.481 e. The Bertz CT molecular complexity index is 754. The summed E-state index contributed by atoms with van der Waals surface area (Å²) in [7, 11) is 0. The topological polar surface area (TPSA) is 59.0 Å². The molecule has 1 atom stereocenters. The maximum absolute atomic E-state index is 11.2. The third-order valence-corrected chi connectivity index (χ3v) is 5.07. The number of hydrogen-bond acceptors (Lipinski definition) is 4. The van der Waals surface area contributed by atoms with Crippen LogP contribution in [0.5, 0.6) is 11.5 Å². The number of aliphatic carboxylic acids is 1. The predicted molar refractivity (Wildman–Crippen MR) is 92.8 cm³/mol. The van der Waals surface area contributed by atoms with E-state index in [4.69, 9.17) is 9.47 Å². The summed E-state index contributed by atoms with van der Waals surface area (Å²) in [6.07, 6.45) is 1.37. The summed E-state index contributed by atoms with van der Waals surface area (Å²) < 4.78 is 11.0. The maximum atomic E-state index is 11.2. The van der Waals surface area contributed by atoms with Gasteiger partial charge in [0, 0.05) is 0 Å². The molecule has 0 spiro atoms. The van der Waals surface area contributed by atoms with Gasteiger partial charge in [0.15, 0.2) is 11.5 Å². The molecule has 1 saturated heterocycles. The normalized spacial score (nSPS) is 18.9. The number of rotatable bonds is 4. The van der Waals surface area contributed by atoms with Gasteiger partial charge in [-0.15, -0.1) is 0 Å². The first-order chi connectivity index (χ1) is 12.2. The fourth-order valence-corrected chi connectivity index (χ4v) is 3.74. The Morgan fingerprint density at radius 1 is 1.00 bits per heavy atom. The van der Waals surface area contributed by atoms with Gasteiger partial charge in [0.2, 0.25) is 6.79 Å². The molecule has 2 aliphatic heterocycles. The van der Waals surface area contributed by atoms with Crippen molar-refractivity contribution in [2.45, 2.75) is 18.9 Å². The number of carboxylic acid groups (broad SMARTS) is 1. The Labute approximate surface area is 146 Å². The maximum Gasteiger partial charge on any atom is 0.306 e. The molecular weight excluding hydrogens is 318 g/mol. The quantitative estimate of drug-likeness (QED) is 0.926. The van der Waals surface area contributed by atoms with Gasteiger partial charge in [0.1, 0.15) is 0 Å².